The van der Waals surface area contributed by atoms with Gasteiger partial charge in [0.25, 0.3) is 0 Å². The molecule has 0 aromatic heterocycles. The zero-order chi connectivity index (χ0) is 10.6. The van der Waals surface area contributed by atoms with Crippen LogP contribution in [-0.4, -0.2) is 35.8 Å². The van der Waals surface area contributed by atoms with Gasteiger partial charge in [0.05, 0.1) is 6.61 Å². The molecular weight excluding hydrogens is 186 g/mol. The van der Waals surface area contributed by atoms with Crippen molar-refractivity contribution in [3.8, 4) is 0 Å². The Morgan fingerprint density at radius 1 is 1.36 bits per heavy atom. The first-order chi connectivity index (χ1) is 6.65. The van der Waals surface area contributed by atoms with Gasteiger partial charge in [-0.1, -0.05) is 0 Å². The van der Waals surface area contributed by atoms with Gasteiger partial charge in [-0.15, -0.1) is 0 Å². The lowest BCUT2D eigenvalue weighted by molar-refractivity contribution is -0.157. The summed E-state index contributed by atoms with van der Waals surface area (Å²) in [4.78, 5) is 34.5. The fraction of sp³-hybridized carbons (Fsp3) is 0.667. The molecule has 0 N–H and O–H groups in total. The molecule has 0 aliphatic carbocycles. The SMILES string of the molecule is CCOC(=O)CN1C(=O)CCCC1=O. The zero-order valence-electron chi connectivity index (χ0n) is 8.12. The van der Waals surface area contributed by atoms with Gasteiger partial charge in [0.1, 0.15) is 6.54 Å². The number of amides is 2. The molecule has 0 aromatic rings. The lowest BCUT2D eigenvalue weighted by Crippen LogP contribution is -2.43. The van der Waals surface area contributed by atoms with Crippen molar-refractivity contribution in [1.29, 1.82) is 0 Å². The molecule has 1 rings (SSSR count). The smallest absolute Gasteiger partial charge is 0.326 e. The third kappa shape index (κ3) is 2.55. The Labute approximate surface area is 82.0 Å². The number of rotatable bonds is 3. The van der Waals surface area contributed by atoms with Crippen LogP contribution < -0.4 is 0 Å². The van der Waals surface area contributed by atoms with Crippen LogP contribution in [0.1, 0.15) is 26.2 Å². The molecule has 1 aliphatic rings. The van der Waals surface area contributed by atoms with Gasteiger partial charge >= 0.3 is 5.97 Å². The summed E-state index contributed by atoms with van der Waals surface area (Å²) in [5, 5.41) is 0. The maximum Gasteiger partial charge on any atom is 0.326 e. The van der Waals surface area contributed by atoms with Crippen LogP contribution in [0.2, 0.25) is 0 Å². The summed E-state index contributed by atoms with van der Waals surface area (Å²) in [6, 6.07) is 0. The Kier molecular flexibility index (Phi) is 3.62. The minimum absolute atomic E-state index is 0.245. The highest BCUT2D eigenvalue weighted by Gasteiger charge is 2.27. The summed E-state index contributed by atoms with van der Waals surface area (Å²) in [7, 11) is 0. The van der Waals surface area contributed by atoms with E-state index < -0.39 is 5.97 Å². The largest absolute Gasteiger partial charge is 0.465 e. The van der Waals surface area contributed by atoms with E-state index in [0.717, 1.165) is 4.90 Å². The van der Waals surface area contributed by atoms with E-state index in [2.05, 4.69) is 4.74 Å². The summed E-state index contributed by atoms with van der Waals surface area (Å²) in [5.74, 6) is -1.10. The number of piperidine rings is 1. The highest BCUT2D eigenvalue weighted by atomic mass is 16.5. The predicted molar refractivity (Wildman–Crippen MR) is 47.2 cm³/mol. The average Bonchev–Trinajstić information content (AvgIpc) is 2.12. The lowest BCUT2D eigenvalue weighted by Gasteiger charge is -2.23. The summed E-state index contributed by atoms with van der Waals surface area (Å²) in [6.07, 6.45) is 1.26. The van der Waals surface area contributed by atoms with E-state index in [1.165, 1.54) is 0 Å². The maximum absolute atomic E-state index is 11.2. The molecule has 0 bridgehead atoms. The van der Waals surface area contributed by atoms with Gasteiger partial charge < -0.3 is 4.74 Å². The number of hydrogen-bond acceptors (Lipinski definition) is 4. The third-order valence-electron chi connectivity index (χ3n) is 1.98. The number of carbonyl (C=O) groups excluding carboxylic acids is 3. The third-order valence-corrected chi connectivity index (χ3v) is 1.98. The second kappa shape index (κ2) is 4.74. The normalized spacial score (nSPS) is 17.1. The molecule has 1 fully saturated rings. The van der Waals surface area contributed by atoms with E-state index in [4.69, 9.17) is 0 Å². The van der Waals surface area contributed by atoms with Gasteiger partial charge in [-0.3, -0.25) is 19.3 Å². The lowest BCUT2D eigenvalue weighted by atomic mass is 10.1. The zero-order valence-corrected chi connectivity index (χ0v) is 8.12. The van der Waals surface area contributed by atoms with Crippen molar-refractivity contribution in [3.05, 3.63) is 0 Å². The van der Waals surface area contributed by atoms with Crippen LogP contribution >= 0.6 is 0 Å². The maximum atomic E-state index is 11.2. The van der Waals surface area contributed by atoms with E-state index in [-0.39, 0.29) is 25.0 Å². The average molecular weight is 199 g/mol. The monoisotopic (exact) mass is 199 g/mol. The van der Waals surface area contributed by atoms with Crippen molar-refractivity contribution in [2.45, 2.75) is 26.2 Å². The second-order valence-electron chi connectivity index (χ2n) is 3.03. The number of carbonyl (C=O) groups is 3. The molecule has 14 heavy (non-hydrogen) atoms. The van der Waals surface area contributed by atoms with E-state index in [9.17, 15) is 14.4 Å². The Bertz CT molecular complexity index is 246. The minimum atomic E-state index is -0.531. The molecule has 0 aromatic carbocycles. The van der Waals surface area contributed by atoms with Gasteiger partial charge in [-0.25, -0.2) is 0 Å². The van der Waals surface area contributed by atoms with Crippen molar-refractivity contribution in [2.75, 3.05) is 13.2 Å². The summed E-state index contributed by atoms with van der Waals surface area (Å²) >= 11 is 0. The first-order valence-electron chi connectivity index (χ1n) is 4.64. The van der Waals surface area contributed by atoms with Crippen LogP contribution in [0, 0.1) is 0 Å². The van der Waals surface area contributed by atoms with Gasteiger partial charge in [-0.05, 0) is 13.3 Å². The van der Waals surface area contributed by atoms with Crippen LogP contribution in [0.3, 0.4) is 0 Å². The van der Waals surface area contributed by atoms with E-state index in [0.29, 0.717) is 19.3 Å². The van der Waals surface area contributed by atoms with Crippen LogP contribution in [0.5, 0.6) is 0 Å². The van der Waals surface area contributed by atoms with Gasteiger partial charge in [0, 0.05) is 12.8 Å². The minimum Gasteiger partial charge on any atom is -0.465 e. The first kappa shape index (κ1) is 10.7. The Morgan fingerprint density at radius 2 is 1.93 bits per heavy atom. The molecule has 1 heterocycles. The molecule has 0 radical (unpaired) electrons. The molecule has 0 unspecified atom stereocenters. The Balaban J connectivity index is 2.52. The molecular formula is C9H13NO4. The first-order valence-corrected chi connectivity index (χ1v) is 4.64. The molecule has 78 valence electrons. The highest BCUT2D eigenvalue weighted by molar-refractivity contribution is 6.00. The summed E-state index contributed by atoms with van der Waals surface area (Å²) < 4.78 is 4.66. The van der Waals surface area contributed by atoms with Crippen LogP contribution in [0.25, 0.3) is 0 Å². The van der Waals surface area contributed by atoms with Crippen LogP contribution in [0.4, 0.5) is 0 Å². The van der Waals surface area contributed by atoms with Gasteiger partial charge in [0.15, 0.2) is 0 Å². The number of hydrogen-bond donors (Lipinski definition) is 0. The Hall–Kier alpha value is -1.39. The van der Waals surface area contributed by atoms with Crippen molar-refractivity contribution < 1.29 is 19.1 Å². The van der Waals surface area contributed by atoms with Crippen molar-refractivity contribution in [3.63, 3.8) is 0 Å². The van der Waals surface area contributed by atoms with Crippen molar-refractivity contribution >= 4 is 17.8 Å². The fourth-order valence-electron chi connectivity index (χ4n) is 1.31. The quantitative estimate of drug-likeness (QED) is 0.477. The molecule has 0 atom stereocenters. The van der Waals surface area contributed by atoms with Crippen molar-refractivity contribution in [2.24, 2.45) is 0 Å². The molecule has 5 nitrogen and oxygen atoms in total. The number of likely N-dealkylation sites (tertiary alicyclic amines) is 1. The van der Waals surface area contributed by atoms with Crippen LogP contribution in [0.15, 0.2) is 0 Å². The molecule has 1 saturated heterocycles. The number of imide groups is 1. The highest BCUT2D eigenvalue weighted by Crippen LogP contribution is 2.11. The van der Waals surface area contributed by atoms with E-state index in [1.807, 2.05) is 0 Å². The topological polar surface area (TPSA) is 63.7 Å². The summed E-state index contributed by atoms with van der Waals surface area (Å²) in [5.41, 5.74) is 0. The van der Waals surface area contributed by atoms with Gasteiger partial charge in [-0.2, -0.15) is 0 Å². The molecule has 0 spiro atoms. The van der Waals surface area contributed by atoms with E-state index in [1.54, 1.807) is 6.92 Å². The molecule has 5 heteroatoms. The van der Waals surface area contributed by atoms with E-state index >= 15 is 0 Å². The molecule has 0 saturated carbocycles. The Morgan fingerprint density at radius 3 is 2.43 bits per heavy atom. The number of esters is 1. The summed E-state index contributed by atoms with van der Waals surface area (Å²) in [6.45, 7) is 1.69. The van der Waals surface area contributed by atoms with Crippen molar-refractivity contribution in [1.82, 2.24) is 4.90 Å². The molecule has 2 amide bonds. The molecule has 1 aliphatic heterocycles. The predicted octanol–water partition coefficient (Wildman–Crippen LogP) is 0.0886. The second-order valence-corrected chi connectivity index (χ2v) is 3.03. The number of nitrogens with zero attached hydrogens (tertiary/aromatic N) is 1. The van der Waals surface area contributed by atoms with Gasteiger partial charge in [0.2, 0.25) is 11.8 Å². The van der Waals surface area contributed by atoms with Crippen LogP contribution in [-0.2, 0) is 19.1 Å². The number of ether oxygens (including phenoxy) is 1. The fourth-order valence-corrected chi connectivity index (χ4v) is 1.31. The standard InChI is InChI=1S/C9H13NO4/c1-2-14-9(13)6-10-7(11)4-3-5-8(10)12/h2-6H2,1H3.